The summed E-state index contributed by atoms with van der Waals surface area (Å²) in [5.41, 5.74) is 2.78. The Bertz CT molecular complexity index is 996. The Hall–Kier alpha value is -3.43. The molecule has 1 heterocycles. The predicted molar refractivity (Wildman–Crippen MR) is 101 cm³/mol. The minimum absolute atomic E-state index is 0.283. The molecule has 0 unspecified atom stereocenters. The maximum atomic E-state index is 12.3. The topological polar surface area (TPSA) is 90.7 Å². The highest BCUT2D eigenvalue weighted by Gasteiger charge is 2.11. The summed E-state index contributed by atoms with van der Waals surface area (Å²) >= 11 is 6.09. The average molecular weight is 364 g/mol. The van der Waals surface area contributed by atoms with Crippen molar-refractivity contribution in [3.8, 4) is 6.07 Å². The molecule has 2 N–H and O–H groups in total. The van der Waals surface area contributed by atoms with E-state index < -0.39 is 5.91 Å². The molecule has 1 amide bonds. The quantitative estimate of drug-likeness (QED) is 0.720. The molecule has 0 aliphatic carbocycles. The maximum Gasteiger partial charge on any atom is 0.258 e. The molecule has 0 fully saturated rings. The third kappa shape index (κ3) is 3.79. The monoisotopic (exact) mass is 363 g/mol. The molecule has 0 aliphatic heterocycles. The SMILES string of the molecule is Cc1c(Cl)cccc1Nc1ncc(C(=O)Nc2ccccc2C#N)cn1. The lowest BCUT2D eigenvalue weighted by Gasteiger charge is -2.10. The number of nitrogens with one attached hydrogen (secondary N) is 2. The Labute approximate surface area is 155 Å². The molecule has 0 atom stereocenters. The second-order valence-electron chi connectivity index (χ2n) is 5.44. The number of hydrogen-bond acceptors (Lipinski definition) is 5. The Kier molecular flexibility index (Phi) is 5.11. The highest BCUT2D eigenvalue weighted by atomic mass is 35.5. The number of carbonyl (C=O) groups excluding carboxylic acids is 1. The molecule has 0 saturated carbocycles. The summed E-state index contributed by atoms with van der Waals surface area (Å²) in [5, 5.41) is 15.5. The molecule has 3 rings (SSSR count). The third-order valence-electron chi connectivity index (χ3n) is 3.72. The van der Waals surface area contributed by atoms with Crippen LogP contribution in [0.5, 0.6) is 0 Å². The molecule has 7 heteroatoms. The van der Waals surface area contributed by atoms with Crippen LogP contribution >= 0.6 is 11.6 Å². The Morgan fingerprint density at radius 2 is 1.77 bits per heavy atom. The van der Waals surface area contributed by atoms with Gasteiger partial charge in [-0.2, -0.15) is 5.26 Å². The summed E-state index contributed by atoms with van der Waals surface area (Å²) in [7, 11) is 0. The number of amides is 1. The first-order chi connectivity index (χ1) is 12.6. The fourth-order valence-corrected chi connectivity index (χ4v) is 2.43. The van der Waals surface area contributed by atoms with Gasteiger partial charge in [0.1, 0.15) is 6.07 Å². The number of benzene rings is 2. The van der Waals surface area contributed by atoms with Crippen LogP contribution in [0.25, 0.3) is 0 Å². The largest absolute Gasteiger partial charge is 0.324 e. The van der Waals surface area contributed by atoms with Crippen LogP contribution in [0.1, 0.15) is 21.5 Å². The minimum Gasteiger partial charge on any atom is -0.324 e. The van der Waals surface area contributed by atoms with Gasteiger partial charge in [0, 0.05) is 23.1 Å². The summed E-state index contributed by atoms with van der Waals surface area (Å²) in [5.74, 6) is -0.0393. The summed E-state index contributed by atoms with van der Waals surface area (Å²) in [6.45, 7) is 1.89. The molecule has 2 aromatic carbocycles. The molecule has 0 spiro atoms. The van der Waals surface area contributed by atoms with Crippen molar-refractivity contribution in [2.45, 2.75) is 6.92 Å². The molecule has 0 aliphatic rings. The molecule has 128 valence electrons. The molecular formula is C19H14ClN5O. The first-order valence-corrected chi connectivity index (χ1v) is 8.11. The van der Waals surface area contributed by atoms with Crippen LogP contribution in [-0.2, 0) is 0 Å². The van der Waals surface area contributed by atoms with E-state index in [2.05, 4.69) is 20.6 Å². The van der Waals surface area contributed by atoms with E-state index in [0.29, 0.717) is 22.2 Å². The van der Waals surface area contributed by atoms with Gasteiger partial charge in [-0.1, -0.05) is 29.8 Å². The summed E-state index contributed by atoms with van der Waals surface area (Å²) < 4.78 is 0. The van der Waals surface area contributed by atoms with Crippen LogP contribution in [0.4, 0.5) is 17.3 Å². The Morgan fingerprint density at radius 3 is 2.50 bits per heavy atom. The van der Waals surface area contributed by atoms with Gasteiger partial charge >= 0.3 is 0 Å². The highest BCUT2D eigenvalue weighted by molar-refractivity contribution is 6.31. The molecule has 0 saturated heterocycles. The van der Waals surface area contributed by atoms with Crippen molar-refractivity contribution >= 4 is 34.8 Å². The van der Waals surface area contributed by atoms with E-state index in [4.69, 9.17) is 16.9 Å². The van der Waals surface area contributed by atoms with E-state index in [1.54, 1.807) is 30.3 Å². The van der Waals surface area contributed by atoms with Gasteiger partial charge in [-0.3, -0.25) is 4.79 Å². The van der Waals surface area contributed by atoms with Crippen LogP contribution in [-0.4, -0.2) is 15.9 Å². The van der Waals surface area contributed by atoms with Crippen LogP contribution in [0.3, 0.4) is 0 Å². The van der Waals surface area contributed by atoms with Gasteiger partial charge in [0.2, 0.25) is 5.95 Å². The number of aromatic nitrogens is 2. The number of anilines is 3. The van der Waals surface area contributed by atoms with Gasteiger partial charge in [0.15, 0.2) is 0 Å². The fourth-order valence-electron chi connectivity index (χ4n) is 2.26. The number of nitriles is 1. The summed E-state index contributed by atoms with van der Waals surface area (Å²) in [6, 6.07) is 14.3. The van der Waals surface area contributed by atoms with Crippen LogP contribution in [0.15, 0.2) is 54.9 Å². The van der Waals surface area contributed by atoms with Crippen molar-refractivity contribution in [1.29, 1.82) is 5.26 Å². The van der Waals surface area contributed by atoms with Crippen molar-refractivity contribution < 1.29 is 4.79 Å². The smallest absolute Gasteiger partial charge is 0.258 e. The standard InChI is InChI=1S/C19H14ClN5O/c1-12-15(20)6-4-8-16(12)25-19-22-10-14(11-23-19)18(26)24-17-7-3-2-5-13(17)9-21/h2-8,10-11H,1H3,(H,24,26)(H,22,23,25). The van der Waals surface area contributed by atoms with Gasteiger partial charge in [0.25, 0.3) is 5.91 Å². The lowest BCUT2D eigenvalue weighted by molar-refractivity contribution is 0.102. The third-order valence-corrected chi connectivity index (χ3v) is 4.13. The Morgan fingerprint density at radius 1 is 1.08 bits per heavy atom. The molecule has 3 aromatic rings. The van der Waals surface area contributed by atoms with E-state index in [1.165, 1.54) is 12.4 Å². The number of nitrogens with zero attached hydrogens (tertiary/aromatic N) is 3. The van der Waals surface area contributed by atoms with E-state index >= 15 is 0 Å². The van der Waals surface area contributed by atoms with Gasteiger partial charge in [-0.05, 0) is 36.8 Å². The molecular weight excluding hydrogens is 350 g/mol. The van der Waals surface area contributed by atoms with E-state index in [0.717, 1.165) is 11.3 Å². The molecule has 26 heavy (non-hydrogen) atoms. The van der Waals surface area contributed by atoms with E-state index in [9.17, 15) is 4.79 Å². The van der Waals surface area contributed by atoms with Crippen molar-refractivity contribution in [3.05, 3.63) is 76.6 Å². The van der Waals surface area contributed by atoms with Gasteiger partial charge in [0.05, 0.1) is 16.8 Å². The molecule has 0 radical (unpaired) electrons. The zero-order chi connectivity index (χ0) is 18.5. The number of hydrogen-bond donors (Lipinski definition) is 2. The highest BCUT2D eigenvalue weighted by Crippen LogP contribution is 2.24. The predicted octanol–water partition coefficient (Wildman–Crippen LogP) is 4.31. The lowest BCUT2D eigenvalue weighted by Crippen LogP contribution is -2.14. The molecule has 0 bridgehead atoms. The number of halogens is 1. The zero-order valence-corrected chi connectivity index (χ0v) is 14.6. The van der Waals surface area contributed by atoms with Crippen LogP contribution in [0.2, 0.25) is 5.02 Å². The van der Waals surface area contributed by atoms with Crippen molar-refractivity contribution in [2.24, 2.45) is 0 Å². The minimum atomic E-state index is -0.391. The zero-order valence-electron chi connectivity index (χ0n) is 13.8. The average Bonchev–Trinajstić information content (AvgIpc) is 2.66. The normalized spacial score (nSPS) is 10.0. The Balaban J connectivity index is 1.74. The van der Waals surface area contributed by atoms with E-state index in [-0.39, 0.29) is 5.56 Å². The fraction of sp³-hybridized carbons (Fsp3) is 0.0526. The summed E-state index contributed by atoms with van der Waals surface area (Å²) in [4.78, 5) is 20.6. The van der Waals surface area contributed by atoms with Crippen molar-refractivity contribution in [3.63, 3.8) is 0 Å². The van der Waals surface area contributed by atoms with Crippen LogP contribution in [0, 0.1) is 18.3 Å². The maximum absolute atomic E-state index is 12.3. The molecule has 1 aromatic heterocycles. The molecule has 6 nitrogen and oxygen atoms in total. The van der Waals surface area contributed by atoms with E-state index in [1.807, 2.05) is 25.1 Å². The second kappa shape index (κ2) is 7.64. The first-order valence-electron chi connectivity index (χ1n) is 7.73. The van der Waals surface area contributed by atoms with Crippen molar-refractivity contribution in [2.75, 3.05) is 10.6 Å². The number of rotatable bonds is 4. The van der Waals surface area contributed by atoms with Crippen molar-refractivity contribution in [1.82, 2.24) is 9.97 Å². The van der Waals surface area contributed by atoms with Crippen LogP contribution < -0.4 is 10.6 Å². The number of para-hydroxylation sites is 1. The van der Waals surface area contributed by atoms with Gasteiger partial charge in [-0.25, -0.2) is 9.97 Å². The second-order valence-corrected chi connectivity index (χ2v) is 5.85. The van der Waals surface area contributed by atoms with Gasteiger partial charge < -0.3 is 10.6 Å². The van der Waals surface area contributed by atoms with Gasteiger partial charge in [-0.15, -0.1) is 0 Å². The number of carbonyl (C=O) groups is 1. The first kappa shape index (κ1) is 17.4. The summed E-state index contributed by atoms with van der Waals surface area (Å²) in [6.07, 6.45) is 2.83. The lowest BCUT2D eigenvalue weighted by atomic mass is 10.2.